The predicted octanol–water partition coefficient (Wildman–Crippen LogP) is 3.96. The Morgan fingerprint density at radius 1 is 1.16 bits per heavy atom. The number of aromatic amines is 1. The van der Waals surface area contributed by atoms with Crippen LogP contribution < -0.4 is 11.2 Å². The van der Waals surface area contributed by atoms with E-state index in [2.05, 4.69) is 37.9 Å². The molecule has 2 aromatic rings. The molecule has 1 N–H and O–H groups in total. The molecule has 0 amide bonds. The molecule has 25 heavy (non-hydrogen) atoms. The summed E-state index contributed by atoms with van der Waals surface area (Å²) >= 11 is 1.60. The van der Waals surface area contributed by atoms with E-state index in [1.807, 2.05) is 4.57 Å². The number of aromatic nitrogens is 2. The van der Waals surface area contributed by atoms with Gasteiger partial charge in [-0.25, -0.2) is 4.79 Å². The van der Waals surface area contributed by atoms with E-state index in [1.54, 1.807) is 11.8 Å². The third kappa shape index (κ3) is 2.78. The van der Waals surface area contributed by atoms with E-state index in [0.717, 1.165) is 17.1 Å². The smallest absolute Gasteiger partial charge is 0.287 e. The summed E-state index contributed by atoms with van der Waals surface area (Å²) in [5, 5.41) is 0.852. The molecule has 4 rings (SSSR count). The van der Waals surface area contributed by atoms with Crippen molar-refractivity contribution in [3.63, 3.8) is 0 Å². The summed E-state index contributed by atoms with van der Waals surface area (Å²) in [5.41, 5.74) is 3.92. The molecule has 1 aliphatic heterocycles. The summed E-state index contributed by atoms with van der Waals surface area (Å²) < 4.78 is 1.83. The van der Waals surface area contributed by atoms with Crippen LogP contribution in [-0.4, -0.2) is 9.55 Å². The van der Waals surface area contributed by atoms with Crippen molar-refractivity contribution in [3.8, 4) is 0 Å². The van der Waals surface area contributed by atoms with Gasteiger partial charge in [0, 0.05) is 17.4 Å². The Labute approximate surface area is 151 Å². The molecule has 0 saturated heterocycles. The first kappa shape index (κ1) is 16.7. The first-order valence-corrected chi connectivity index (χ1v) is 9.93. The Kier molecular flexibility index (Phi) is 4.14. The van der Waals surface area contributed by atoms with Gasteiger partial charge < -0.3 is 0 Å². The largest absolute Gasteiger partial charge is 0.329 e. The molecular weight excluding hydrogens is 332 g/mol. The van der Waals surface area contributed by atoms with Gasteiger partial charge in [0.2, 0.25) is 0 Å². The zero-order valence-corrected chi connectivity index (χ0v) is 15.8. The second kappa shape index (κ2) is 6.20. The Balaban J connectivity index is 1.88. The molecule has 0 spiro atoms. The number of aryl methyl sites for hydroxylation is 2. The number of nitrogens with one attached hydrogen (secondary N) is 1. The number of benzene rings is 1. The molecule has 132 valence electrons. The highest BCUT2D eigenvalue weighted by Crippen LogP contribution is 2.45. The predicted molar refractivity (Wildman–Crippen MR) is 101 cm³/mol. The lowest BCUT2D eigenvalue weighted by Crippen LogP contribution is -2.37. The topological polar surface area (TPSA) is 54.9 Å². The van der Waals surface area contributed by atoms with Crippen LogP contribution in [0.4, 0.5) is 0 Å². The molecule has 1 fully saturated rings. The van der Waals surface area contributed by atoms with E-state index in [9.17, 15) is 9.59 Å². The van der Waals surface area contributed by atoms with Gasteiger partial charge in [-0.2, -0.15) is 0 Å². The van der Waals surface area contributed by atoms with Crippen molar-refractivity contribution >= 4 is 11.8 Å². The average molecular weight is 356 g/mol. The van der Waals surface area contributed by atoms with Crippen LogP contribution >= 0.6 is 11.8 Å². The van der Waals surface area contributed by atoms with Crippen LogP contribution in [0, 0.1) is 19.8 Å². The minimum atomic E-state index is -0.261. The van der Waals surface area contributed by atoms with Crippen molar-refractivity contribution < 1.29 is 0 Å². The second-order valence-corrected chi connectivity index (χ2v) is 8.59. The van der Waals surface area contributed by atoms with Crippen LogP contribution in [-0.2, 0) is 6.54 Å². The van der Waals surface area contributed by atoms with E-state index in [4.69, 9.17) is 0 Å². The number of rotatable bonds is 2. The maximum atomic E-state index is 12.6. The van der Waals surface area contributed by atoms with Crippen molar-refractivity contribution in [2.75, 3.05) is 0 Å². The normalized spacial score (nSPS) is 19.7. The van der Waals surface area contributed by atoms with Gasteiger partial charge in [-0.05, 0) is 55.4 Å². The zero-order valence-electron chi connectivity index (χ0n) is 15.0. The maximum absolute atomic E-state index is 12.6. The van der Waals surface area contributed by atoms with Crippen molar-refractivity contribution in [1.29, 1.82) is 0 Å². The van der Waals surface area contributed by atoms with Crippen molar-refractivity contribution in [2.45, 2.75) is 68.8 Å². The van der Waals surface area contributed by atoms with E-state index in [-0.39, 0.29) is 17.2 Å². The first-order chi connectivity index (χ1) is 12.0. The van der Waals surface area contributed by atoms with Crippen LogP contribution in [0.1, 0.15) is 60.8 Å². The van der Waals surface area contributed by atoms with Crippen LogP contribution in [0.2, 0.25) is 0 Å². The first-order valence-electron chi connectivity index (χ1n) is 9.11. The van der Waals surface area contributed by atoms with Crippen molar-refractivity contribution in [1.82, 2.24) is 9.55 Å². The molecule has 1 unspecified atom stereocenters. The number of hydrogen-bond acceptors (Lipinski definition) is 3. The zero-order chi connectivity index (χ0) is 17.7. The summed E-state index contributed by atoms with van der Waals surface area (Å²) in [5.74, 6) is 0.551. The molecule has 1 saturated carbocycles. The van der Waals surface area contributed by atoms with Gasteiger partial charge in [-0.1, -0.05) is 37.6 Å². The summed E-state index contributed by atoms with van der Waals surface area (Å²) in [6, 6.07) is 4.35. The van der Waals surface area contributed by atoms with E-state index in [0.29, 0.717) is 5.92 Å². The highest BCUT2D eigenvalue weighted by molar-refractivity contribution is 7.99. The Morgan fingerprint density at radius 3 is 2.60 bits per heavy atom. The number of H-pyrrole nitrogens is 1. The third-order valence-corrected chi connectivity index (χ3v) is 6.86. The fourth-order valence-corrected chi connectivity index (χ4v) is 6.05. The lowest BCUT2D eigenvalue weighted by molar-refractivity contribution is 0.417. The van der Waals surface area contributed by atoms with Gasteiger partial charge in [0.1, 0.15) is 0 Å². The summed E-state index contributed by atoms with van der Waals surface area (Å²) in [4.78, 5) is 28.9. The van der Waals surface area contributed by atoms with Gasteiger partial charge in [-0.15, -0.1) is 0 Å². The maximum Gasteiger partial charge on any atom is 0.329 e. The SMILES string of the molecule is Cc1cc(C)c2c(c1)Sc1c(c(=O)[nH]c(=O)n1CC1CCCC1)C2C. The van der Waals surface area contributed by atoms with E-state index >= 15 is 0 Å². The highest BCUT2D eigenvalue weighted by Gasteiger charge is 2.31. The van der Waals surface area contributed by atoms with E-state index in [1.165, 1.54) is 47.3 Å². The minimum absolute atomic E-state index is 0.00558. The van der Waals surface area contributed by atoms with Crippen molar-refractivity contribution in [2.24, 2.45) is 5.92 Å². The molecule has 0 radical (unpaired) electrons. The number of fused-ring (bicyclic) bond motifs is 2. The summed E-state index contributed by atoms with van der Waals surface area (Å²) in [6.45, 7) is 7.01. The lowest BCUT2D eigenvalue weighted by atomic mass is 9.90. The van der Waals surface area contributed by atoms with Gasteiger partial charge in [0.05, 0.1) is 10.6 Å². The van der Waals surface area contributed by atoms with Crippen LogP contribution in [0.15, 0.2) is 31.6 Å². The molecule has 1 aromatic heterocycles. The molecule has 0 bridgehead atoms. The molecule has 4 nitrogen and oxygen atoms in total. The van der Waals surface area contributed by atoms with Crippen molar-refractivity contribution in [3.05, 3.63) is 55.2 Å². The highest BCUT2D eigenvalue weighted by atomic mass is 32.2. The Morgan fingerprint density at radius 2 is 1.88 bits per heavy atom. The number of nitrogens with zero attached hydrogens (tertiary/aromatic N) is 1. The fourth-order valence-electron chi connectivity index (χ4n) is 4.50. The fraction of sp³-hybridized carbons (Fsp3) is 0.500. The minimum Gasteiger partial charge on any atom is -0.287 e. The lowest BCUT2D eigenvalue weighted by Gasteiger charge is -2.29. The Hall–Kier alpha value is -1.75. The summed E-state index contributed by atoms with van der Waals surface area (Å²) in [7, 11) is 0. The van der Waals surface area contributed by atoms with Crippen LogP contribution in [0.5, 0.6) is 0 Å². The average Bonchev–Trinajstić information content (AvgIpc) is 3.03. The molecule has 5 heteroatoms. The van der Waals surface area contributed by atoms with Gasteiger partial charge in [0.25, 0.3) is 5.56 Å². The van der Waals surface area contributed by atoms with E-state index < -0.39 is 0 Å². The molecule has 2 aliphatic rings. The second-order valence-electron chi connectivity index (χ2n) is 7.56. The Bertz CT molecular complexity index is 951. The number of hydrogen-bond donors (Lipinski definition) is 1. The van der Waals surface area contributed by atoms with Gasteiger partial charge >= 0.3 is 5.69 Å². The van der Waals surface area contributed by atoms with Gasteiger partial charge in [0.15, 0.2) is 0 Å². The summed E-state index contributed by atoms with van der Waals surface area (Å²) in [6.07, 6.45) is 4.84. The standard InChI is InChI=1S/C20H24N2O2S/c1-11-8-12(2)16-13(3)17-18(23)21-20(24)22(10-14-6-4-5-7-14)19(17)25-15(16)9-11/h8-9,13-14H,4-7,10H2,1-3H3,(H,21,23,24). The van der Waals surface area contributed by atoms with Crippen LogP contribution in [0.25, 0.3) is 0 Å². The molecule has 1 aliphatic carbocycles. The van der Waals surface area contributed by atoms with Gasteiger partial charge in [-0.3, -0.25) is 14.3 Å². The third-order valence-electron chi connectivity index (χ3n) is 5.67. The molecule has 2 heterocycles. The monoisotopic (exact) mass is 356 g/mol. The quantitative estimate of drug-likeness (QED) is 0.829. The molecular formula is C20H24N2O2S. The molecule has 1 aromatic carbocycles. The molecule has 1 atom stereocenters. The van der Waals surface area contributed by atoms with Crippen LogP contribution in [0.3, 0.4) is 0 Å².